The SMILES string of the molecule is Cc1ccc(C(C)C)c(Oc2ccc(N3C[C@@H](C(=O)OCC(=O)Nc4cccc5ccccc45)CC3=O)cc2)c1. The smallest absolute Gasteiger partial charge is 0.311 e. The second-order valence-electron chi connectivity index (χ2n) is 10.4. The van der Waals surface area contributed by atoms with Crippen molar-refractivity contribution in [3.05, 3.63) is 96.1 Å². The molecule has 1 saturated heterocycles. The highest BCUT2D eigenvalue weighted by Gasteiger charge is 2.36. The van der Waals surface area contributed by atoms with Crippen LogP contribution in [0.15, 0.2) is 84.9 Å². The molecule has 0 bridgehead atoms. The van der Waals surface area contributed by atoms with Crippen LogP contribution in [0.1, 0.15) is 37.3 Å². The minimum atomic E-state index is -0.644. The first-order valence-corrected chi connectivity index (χ1v) is 13.4. The number of benzene rings is 4. The minimum absolute atomic E-state index is 0.0308. The Morgan fingerprint density at radius 1 is 0.975 bits per heavy atom. The Balaban J connectivity index is 1.17. The molecule has 5 rings (SSSR count). The van der Waals surface area contributed by atoms with E-state index in [0.29, 0.717) is 23.0 Å². The maximum atomic E-state index is 12.7. The van der Waals surface area contributed by atoms with Gasteiger partial charge >= 0.3 is 5.97 Å². The molecule has 1 N–H and O–H groups in total. The van der Waals surface area contributed by atoms with Gasteiger partial charge in [-0.25, -0.2) is 0 Å². The number of carbonyl (C=O) groups is 3. The van der Waals surface area contributed by atoms with Crippen molar-refractivity contribution in [3.63, 3.8) is 0 Å². The Kier molecular flexibility index (Phi) is 7.82. The summed E-state index contributed by atoms with van der Waals surface area (Å²) in [6.07, 6.45) is 0.0308. The largest absolute Gasteiger partial charge is 0.457 e. The van der Waals surface area contributed by atoms with Crippen LogP contribution in [0.25, 0.3) is 10.8 Å². The maximum Gasteiger partial charge on any atom is 0.311 e. The first-order chi connectivity index (χ1) is 19.3. The Hall–Kier alpha value is -4.65. The van der Waals surface area contributed by atoms with Crippen LogP contribution in [0.2, 0.25) is 0 Å². The number of carbonyl (C=O) groups excluding carboxylic acids is 3. The first kappa shape index (κ1) is 26.9. The van der Waals surface area contributed by atoms with E-state index >= 15 is 0 Å². The number of esters is 1. The summed E-state index contributed by atoms with van der Waals surface area (Å²) in [4.78, 5) is 39.5. The highest BCUT2D eigenvalue weighted by Crippen LogP contribution is 2.33. The first-order valence-electron chi connectivity index (χ1n) is 13.4. The molecule has 1 aliphatic heterocycles. The van der Waals surface area contributed by atoms with Crippen molar-refractivity contribution in [1.29, 1.82) is 0 Å². The van der Waals surface area contributed by atoms with Crippen molar-refractivity contribution >= 4 is 39.9 Å². The third kappa shape index (κ3) is 5.99. The van der Waals surface area contributed by atoms with Crippen molar-refractivity contribution in [1.82, 2.24) is 0 Å². The number of aryl methyl sites for hydroxylation is 1. The molecule has 0 unspecified atom stereocenters. The van der Waals surface area contributed by atoms with Gasteiger partial charge in [-0.1, -0.05) is 62.4 Å². The van der Waals surface area contributed by atoms with E-state index in [1.807, 2.05) is 73.7 Å². The number of rotatable bonds is 8. The Morgan fingerprint density at radius 3 is 2.50 bits per heavy atom. The van der Waals surface area contributed by atoms with Gasteiger partial charge in [0.2, 0.25) is 5.91 Å². The average molecular weight is 537 g/mol. The predicted octanol–water partition coefficient (Wildman–Crippen LogP) is 6.60. The quantitative estimate of drug-likeness (QED) is 0.257. The molecule has 0 saturated carbocycles. The van der Waals surface area contributed by atoms with E-state index in [2.05, 4.69) is 31.3 Å². The fourth-order valence-electron chi connectivity index (χ4n) is 4.92. The zero-order valence-electron chi connectivity index (χ0n) is 22.8. The molecule has 4 aromatic carbocycles. The molecule has 1 aliphatic rings. The van der Waals surface area contributed by atoms with E-state index in [1.54, 1.807) is 11.0 Å². The second kappa shape index (κ2) is 11.6. The second-order valence-corrected chi connectivity index (χ2v) is 10.4. The fraction of sp³-hybridized carbons (Fsp3) is 0.242. The van der Waals surface area contributed by atoms with Crippen molar-refractivity contribution in [2.24, 2.45) is 5.92 Å². The van der Waals surface area contributed by atoms with Gasteiger partial charge in [-0.2, -0.15) is 0 Å². The molecule has 1 heterocycles. The summed E-state index contributed by atoms with van der Waals surface area (Å²) < 4.78 is 11.4. The van der Waals surface area contributed by atoms with Gasteiger partial charge in [0.25, 0.3) is 5.91 Å². The lowest BCUT2D eigenvalue weighted by Crippen LogP contribution is -2.28. The van der Waals surface area contributed by atoms with Crippen molar-refractivity contribution in [2.45, 2.75) is 33.1 Å². The third-order valence-electron chi connectivity index (χ3n) is 7.03. The van der Waals surface area contributed by atoms with Crippen LogP contribution in [-0.4, -0.2) is 30.9 Å². The highest BCUT2D eigenvalue weighted by molar-refractivity contribution is 6.03. The fourth-order valence-corrected chi connectivity index (χ4v) is 4.92. The van der Waals surface area contributed by atoms with Crippen LogP contribution in [-0.2, 0) is 19.1 Å². The van der Waals surface area contributed by atoms with E-state index < -0.39 is 24.4 Å². The van der Waals surface area contributed by atoms with Gasteiger partial charge in [-0.15, -0.1) is 0 Å². The van der Waals surface area contributed by atoms with Crippen LogP contribution in [0, 0.1) is 12.8 Å². The normalized spacial score (nSPS) is 14.9. The molecule has 1 fully saturated rings. The van der Waals surface area contributed by atoms with Gasteiger partial charge in [-0.3, -0.25) is 14.4 Å². The number of ether oxygens (including phenoxy) is 2. The van der Waals surface area contributed by atoms with E-state index in [-0.39, 0.29) is 18.9 Å². The molecule has 4 aromatic rings. The number of fused-ring (bicyclic) bond motifs is 1. The van der Waals surface area contributed by atoms with Crippen LogP contribution in [0.5, 0.6) is 11.5 Å². The molecule has 7 nitrogen and oxygen atoms in total. The van der Waals surface area contributed by atoms with Gasteiger partial charge < -0.3 is 19.7 Å². The lowest BCUT2D eigenvalue weighted by Gasteiger charge is -2.18. The van der Waals surface area contributed by atoms with E-state index in [9.17, 15) is 14.4 Å². The molecule has 0 spiro atoms. The van der Waals surface area contributed by atoms with Crippen molar-refractivity contribution in [3.8, 4) is 11.5 Å². The highest BCUT2D eigenvalue weighted by atomic mass is 16.5. The molecule has 0 radical (unpaired) electrons. The molecule has 7 heteroatoms. The van der Waals surface area contributed by atoms with E-state index in [4.69, 9.17) is 9.47 Å². The van der Waals surface area contributed by atoms with Gasteiger partial charge in [0.05, 0.1) is 5.92 Å². The predicted molar refractivity (Wildman–Crippen MR) is 156 cm³/mol. The Morgan fingerprint density at radius 2 is 1.73 bits per heavy atom. The van der Waals surface area contributed by atoms with Crippen molar-refractivity contribution < 1.29 is 23.9 Å². The summed E-state index contributed by atoms with van der Waals surface area (Å²) >= 11 is 0. The van der Waals surface area contributed by atoms with Crippen LogP contribution < -0.4 is 15.0 Å². The van der Waals surface area contributed by atoms with E-state index in [0.717, 1.165) is 27.6 Å². The van der Waals surface area contributed by atoms with Gasteiger partial charge in [-0.05, 0) is 65.8 Å². The Bertz CT molecular complexity index is 1560. The summed E-state index contributed by atoms with van der Waals surface area (Å²) in [6, 6.07) is 26.7. The van der Waals surface area contributed by atoms with Crippen LogP contribution >= 0.6 is 0 Å². The Labute approximate surface area is 233 Å². The summed E-state index contributed by atoms with van der Waals surface area (Å²) in [5.74, 6) is -0.0204. The lowest BCUT2D eigenvalue weighted by atomic mass is 10.0. The number of nitrogens with zero attached hydrogens (tertiary/aromatic N) is 1. The summed E-state index contributed by atoms with van der Waals surface area (Å²) in [6.45, 7) is 6.04. The molecule has 0 aliphatic carbocycles. The van der Waals surface area contributed by atoms with Gasteiger partial charge in [0, 0.05) is 29.7 Å². The van der Waals surface area contributed by atoms with Crippen LogP contribution in [0.3, 0.4) is 0 Å². The number of amides is 2. The van der Waals surface area contributed by atoms with Crippen molar-refractivity contribution in [2.75, 3.05) is 23.4 Å². The van der Waals surface area contributed by atoms with E-state index in [1.165, 1.54) is 0 Å². The molecule has 2 amide bonds. The monoisotopic (exact) mass is 536 g/mol. The average Bonchev–Trinajstić information content (AvgIpc) is 3.34. The molecule has 204 valence electrons. The zero-order chi connectivity index (χ0) is 28.2. The molecule has 1 atom stereocenters. The molecule has 0 aromatic heterocycles. The van der Waals surface area contributed by atoms with Crippen LogP contribution in [0.4, 0.5) is 11.4 Å². The number of hydrogen-bond acceptors (Lipinski definition) is 5. The minimum Gasteiger partial charge on any atom is -0.457 e. The summed E-state index contributed by atoms with van der Waals surface area (Å²) in [5.41, 5.74) is 3.56. The third-order valence-corrected chi connectivity index (χ3v) is 7.03. The maximum absolute atomic E-state index is 12.7. The number of nitrogens with one attached hydrogen (secondary N) is 1. The zero-order valence-corrected chi connectivity index (χ0v) is 22.8. The van der Waals surface area contributed by atoms with Gasteiger partial charge in [0.1, 0.15) is 11.5 Å². The molecular formula is C33H32N2O5. The van der Waals surface area contributed by atoms with Gasteiger partial charge in [0.15, 0.2) is 6.61 Å². The summed E-state index contributed by atoms with van der Waals surface area (Å²) in [5, 5.41) is 4.70. The lowest BCUT2D eigenvalue weighted by molar-refractivity contribution is -0.151. The number of hydrogen-bond donors (Lipinski definition) is 1. The number of anilines is 2. The topological polar surface area (TPSA) is 84.9 Å². The summed E-state index contributed by atoms with van der Waals surface area (Å²) in [7, 11) is 0. The standard InChI is InChI=1S/C33H32N2O5/c1-21(2)27-16-11-22(3)17-30(27)40-26-14-12-25(13-15-26)35-19-24(18-32(35)37)33(38)39-20-31(36)34-29-10-6-8-23-7-4-5-9-28(23)29/h4-17,21,24H,18-20H2,1-3H3,(H,34,36)/t24-/m0/s1. The molecule has 40 heavy (non-hydrogen) atoms. The molecular weight excluding hydrogens is 504 g/mol.